The van der Waals surface area contributed by atoms with Crippen LogP contribution in [0.5, 0.6) is 0 Å². The van der Waals surface area contributed by atoms with E-state index in [4.69, 9.17) is 35.1 Å². The number of unbranched alkanes of at least 4 members (excludes halogenated alkanes) is 9. The largest absolute Gasteiger partial charge is 1.00 e. The molecule has 0 spiro atoms. The van der Waals surface area contributed by atoms with Gasteiger partial charge in [-0.2, -0.15) is 0 Å². The van der Waals surface area contributed by atoms with Gasteiger partial charge in [-0.1, -0.05) is 64.7 Å². The Morgan fingerprint density at radius 3 is 1.52 bits per heavy atom. The standard InChI is InChI=1S/C17H36O4.C2H4O3.Na/c1-2-3-4-5-6-7-8-9-10-11-12-21-16-17(13-18,14-19)15-20;3-1-2(4)5;/h18-20H,2-16H2,1H3;3H,1H2,(H,4,5);/q;;+1/p-1. The summed E-state index contributed by atoms with van der Waals surface area (Å²) in [5.74, 6) is -1.44. The van der Waals surface area contributed by atoms with Gasteiger partial charge in [0.1, 0.15) is 0 Å². The second-order valence-electron chi connectivity index (χ2n) is 6.74. The fraction of sp³-hybridized carbons (Fsp3) is 0.947. The molecule has 4 N–H and O–H groups in total. The van der Waals surface area contributed by atoms with E-state index in [1.54, 1.807) is 0 Å². The van der Waals surface area contributed by atoms with Crippen LogP contribution in [0.15, 0.2) is 0 Å². The molecular weight excluding hydrogens is 363 g/mol. The Hall–Kier alpha value is 0.270. The van der Waals surface area contributed by atoms with E-state index >= 15 is 0 Å². The van der Waals surface area contributed by atoms with Crippen molar-refractivity contribution in [3.63, 3.8) is 0 Å². The van der Waals surface area contributed by atoms with Crippen LogP contribution in [0.3, 0.4) is 0 Å². The van der Waals surface area contributed by atoms with E-state index in [1.807, 2.05) is 0 Å². The molecule has 0 heterocycles. The molecule has 0 aliphatic heterocycles. The Bertz CT molecular complexity index is 292. The Labute approximate surface area is 186 Å². The van der Waals surface area contributed by atoms with Gasteiger partial charge in [0.15, 0.2) is 0 Å². The number of aliphatic hydroxyl groups is 4. The maximum absolute atomic E-state index is 9.15. The van der Waals surface area contributed by atoms with Crippen molar-refractivity contribution in [1.82, 2.24) is 0 Å². The number of rotatable bonds is 17. The number of aliphatic hydroxyl groups excluding tert-OH is 4. The SMILES string of the molecule is CCCCCCCCCCCCOCC(CO)(CO)CO.O=C([O-])CO.[Na+]. The number of ether oxygens (including phenoxy) is 1. The van der Waals surface area contributed by atoms with Crippen LogP contribution in [0.1, 0.15) is 71.1 Å². The zero-order chi connectivity index (χ0) is 20.1. The first kappa shape index (κ1) is 31.9. The van der Waals surface area contributed by atoms with E-state index in [2.05, 4.69) is 6.92 Å². The van der Waals surface area contributed by atoms with E-state index in [9.17, 15) is 0 Å². The third-order valence-corrected chi connectivity index (χ3v) is 4.19. The minimum absolute atomic E-state index is 0. The molecule has 0 saturated carbocycles. The predicted octanol–water partition coefficient (Wildman–Crippen LogP) is -2.38. The van der Waals surface area contributed by atoms with Gasteiger partial charge in [-0.05, 0) is 6.42 Å². The molecular formula is C19H39NaO7. The number of carboxylic acids is 1. The maximum atomic E-state index is 9.15. The summed E-state index contributed by atoms with van der Waals surface area (Å²) in [5.41, 5.74) is -0.890. The summed E-state index contributed by atoms with van der Waals surface area (Å²) < 4.78 is 5.46. The first-order valence-corrected chi connectivity index (χ1v) is 9.73. The van der Waals surface area contributed by atoms with Crippen LogP contribution in [0.2, 0.25) is 0 Å². The van der Waals surface area contributed by atoms with Crippen LogP contribution in [-0.4, -0.2) is 66.0 Å². The smallest absolute Gasteiger partial charge is 0.548 e. The van der Waals surface area contributed by atoms with Crippen molar-refractivity contribution in [2.45, 2.75) is 71.1 Å². The third-order valence-electron chi connectivity index (χ3n) is 4.19. The van der Waals surface area contributed by atoms with Gasteiger partial charge < -0.3 is 35.1 Å². The Morgan fingerprint density at radius 2 is 1.19 bits per heavy atom. The van der Waals surface area contributed by atoms with Gasteiger partial charge in [0.25, 0.3) is 0 Å². The summed E-state index contributed by atoms with van der Waals surface area (Å²) in [5, 5.41) is 43.9. The van der Waals surface area contributed by atoms with Crippen molar-refractivity contribution in [1.29, 1.82) is 0 Å². The molecule has 0 aromatic rings. The summed E-state index contributed by atoms with van der Waals surface area (Å²) in [6.45, 7) is 1.45. The van der Waals surface area contributed by atoms with E-state index < -0.39 is 18.0 Å². The number of hydrogen-bond acceptors (Lipinski definition) is 7. The predicted molar refractivity (Wildman–Crippen MR) is 98.4 cm³/mol. The van der Waals surface area contributed by atoms with Gasteiger partial charge in [-0.3, -0.25) is 0 Å². The fourth-order valence-electron chi connectivity index (χ4n) is 2.27. The van der Waals surface area contributed by atoms with Gasteiger partial charge >= 0.3 is 29.6 Å². The van der Waals surface area contributed by atoms with Crippen LogP contribution in [0.25, 0.3) is 0 Å². The minimum atomic E-state index is -1.44. The van der Waals surface area contributed by atoms with Gasteiger partial charge in [0.05, 0.1) is 44.4 Å². The van der Waals surface area contributed by atoms with Crippen LogP contribution in [0, 0.1) is 5.41 Å². The van der Waals surface area contributed by atoms with Crippen molar-refractivity contribution in [3.8, 4) is 0 Å². The number of carboxylic acid groups (broad SMARTS) is 1. The second-order valence-corrected chi connectivity index (χ2v) is 6.74. The molecule has 158 valence electrons. The van der Waals surface area contributed by atoms with Gasteiger partial charge in [-0.15, -0.1) is 0 Å². The van der Waals surface area contributed by atoms with E-state index in [1.165, 1.54) is 57.8 Å². The second kappa shape index (κ2) is 24.3. The van der Waals surface area contributed by atoms with Gasteiger partial charge in [0.2, 0.25) is 0 Å². The third kappa shape index (κ3) is 22.4. The fourth-order valence-corrected chi connectivity index (χ4v) is 2.27. The molecule has 27 heavy (non-hydrogen) atoms. The molecule has 0 unspecified atom stereocenters. The van der Waals surface area contributed by atoms with Crippen LogP contribution >= 0.6 is 0 Å². The summed E-state index contributed by atoms with van der Waals surface area (Å²) in [4.78, 5) is 9.01. The molecule has 0 aliphatic carbocycles. The molecule has 0 aromatic carbocycles. The van der Waals surface area contributed by atoms with Crippen LogP contribution in [-0.2, 0) is 9.53 Å². The quantitative estimate of drug-likeness (QED) is 0.158. The number of hydrogen-bond donors (Lipinski definition) is 4. The summed E-state index contributed by atoms with van der Waals surface area (Å²) in [6.07, 6.45) is 12.9. The van der Waals surface area contributed by atoms with E-state index in [0.717, 1.165) is 6.42 Å². The molecule has 0 bridgehead atoms. The molecule has 7 nitrogen and oxygen atoms in total. The molecule has 0 saturated heterocycles. The molecule has 0 atom stereocenters. The minimum Gasteiger partial charge on any atom is -0.548 e. The van der Waals surface area contributed by atoms with Crippen molar-refractivity contribution in [3.05, 3.63) is 0 Å². The molecule has 0 fully saturated rings. The first-order chi connectivity index (χ1) is 12.5. The molecule has 0 rings (SSSR count). The Balaban J connectivity index is -0.000000844. The molecule has 0 radical (unpaired) electrons. The van der Waals surface area contributed by atoms with Crippen molar-refractivity contribution in [2.24, 2.45) is 5.41 Å². The van der Waals surface area contributed by atoms with Crippen molar-refractivity contribution >= 4 is 5.97 Å². The maximum Gasteiger partial charge on any atom is 1.00 e. The molecule has 0 aliphatic rings. The van der Waals surface area contributed by atoms with Gasteiger partial charge in [-0.25, -0.2) is 0 Å². The van der Waals surface area contributed by atoms with Crippen LogP contribution < -0.4 is 34.7 Å². The van der Waals surface area contributed by atoms with Gasteiger partial charge in [0, 0.05) is 6.61 Å². The number of carbonyl (C=O) groups excluding carboxylic acids is 1. The van der Waals surface area contributed by atoms with E-state index in [-0.39, 0.29) is 56.0 Å². The normalized spacial score (nSPS) is 10.7. The molecule has 0 amide bonds. The average molecular weight is 403 g/mol. The number of carbonyl (C=O) groups is 1. The Morgan fingerprint density at radius 1 is 0.815 bits per heavy atom. The monoisotopic (exact) mass is 402 g/mol. The average Bonchev–Trinajstić information content (AvgIpc) is 2.66. The summed E-state index contributed by atoms with van der Waals surface area (Å²) in [7, 11) is 0. The molecule has 0 aromatic heterocycles. The summed E-state index contributed by atoms with van der Waals surface area (Å²) in [6, 6.07) is 0. The topological polar surface area (TPSA) is 130 Å². The Kier molecular flexibility index (Phi) is 28.8. The zero-order valence-corrected chi connectivity index (χ0v) is 19.3. The summed E-state index contributed by atoms with van der Waals surface area (Å²) >= 11 is 0. The van der Waals surface area contributed by atoms with Crippen molar-refractivity contribution < 1.29 is 64.6 Å². The van der Waals surface area contributed by atoms with Crippen molar-refractivity contribution in [2.75, 3.05) is 39.6 Å². The van der Waals surface area contributed by atoms with Crippen LogP contribution in [0.4, 0.5) is 0 Å². The van der Waals surface area contributed by atoms with E-state index in [0.29, 0.717) is 6.61 Å². The number of aliphatic carboxylic acids is 1. The zero-order valence-electron chi connectivity index (χ0n) is 17.3. The first-order valence-electron chi connectivity index (χ1n) is 9.73. The molecule has 8 heteroatoms.